The van der Waals surface area contributed by atoms with E-state index in [1.54, 1.807) is 12.1 Å². The molecule has 0 unspecified atom stereocenters. The molecule has 3 N–H and O–H groups in total. The quantitative estimate of drug-likeness (QED) is 0.0496. The molecule has 2 amide bonds. The number of unbranched alkanes of at least 4 members (excludes halogenated alkanes) is 18. The van der Waals surface area contributed by atoms with Crippen molar-refractivity contribution in [3.63, 3.8) is 0 Å². The first-order valence-corrected chi connectivity index (χ1v) is 17.6. The van der Waals surface area contributed by atoms with Gasteiger partial charge < -0.3 is 9.84 Å². The van der Waals surface area contributed by atoms with Gasteiger partial charge in [-0.25, -0.2) is 10.9 Å². The Hall–Kier alpha value is -2.90. The molecule has 0 aliphatic carbocycles. The zero-order valence-corrected chi connectivity index (χ0v) is 28.1. The number of ether oxygens (including phenoxy) is 1. The lowest BCUT2D eigenvalue weighted by molar-refractivity contribution is -0.122. The van der Waals surface area contributed by atoms with Crippen LogP contribution in [0, 0.1) is 0 Å². The third-order valence-electron chi connectivity index (χ3n) is 7.75. The Morgan fingerprint density at radius 3 is 1.30 bits per heavy atom. The first kappa shape index (κ1) is 39.1. The summed E-state index contributed by atoms with van der Waals surface area (Å²) in [6, 6.07) is 3.30. The van der Waals surface area contributed by atoms with E-state index in [2.05, 4.69) is 34.9 Å². The average Bonchev–Trinajstić information content (AvgIpc) is 3.01. The third-order valence-corrected chi connectivity index (χ3v) is 7.75. The number of carbonyl (C=O) groups excluding carboxylic acids is 2. The fraction of sp³-hybridized carbons (Fsp3) is 0.722. The maximum absolute atomic E-state index is 12.2. The van der Waals surface area contributed by atoms with E-state index in [1.165, 1.54) is 102 Å². The highest BCUT2D eigenvalue weighted by Crippen LogP contribution is 2.26. The summed E-state index contributed by atoms with van der Waals surface area (Å²) in [6.45, 7) is 6.79. The van der Waals surface area contributed by atoms with Crippen LogP contribution in [0.25, 0.3) is 0 Å². The SMILES string of the molecule is CCCCCCCCCCCCC(=O)NN=Cc1cc(OCC)cc(/C=N/NC(=O)CCCCCCCCCCCC)c1O. The molecule has 0 aliphatic rings. The summed E-state index contributed by atoms with van der Waals surface area (Å²) in [5.41, 5.74) is 5.87. The molecule has 0 atom stereocenters. The number of phenols is 1. The van der Waals surface area contributed by atoms with Crippen LogP contribution in [0.5, 0.6) is 11.5 Å². The van der Waals surface area contributed by atoms with Crippen LogP contribution in [0.3, 0.4) is 0 Å². The van der Waals surface area contributed by atoms with Gasteiger partial charge in [0.15, 0.2) is 0 Å². The summed E-state index contributed by atoms with van der Waals surface area (Å²) < 4.78 is 5.62. The fourth-order valence-corrected chi connectivity index (χ4v) is 5.10. The summed E-state index contributed by atoms with van der Waals surface area (Å²) in [6.07, 6.45) is 28.0. The van der Waals surface area contributed by atoms with Crippen molar-refractivity contribution >= 4 is 24.2 Å². The Bertz CT molecular complexity index is 879. The maximum Gasteiger partial charge on any atom is 0.240 e. The molecule has 1 aromatic carbocycles. The lowest BCUT2D eigenvalue weighted by Gasteiger charge is -2.09. The van der Waals surface area contributed by atoms with Gasteiger partial charge in [0.05, 0.1) is 19.0 Å². The van der Waals surface area contributed by atoms with Crippen molar-refractivity contribution in [3.05, 3.63) is 23.3 Å². The van der Waals surface area contributed by atoms with Crippen LogP contribution in [0.1, 0.15) is 173 Å². The van der Waals surface area contributed by atoms with Crippen molar-refractivity contribution in [1.29, 1.82) is 0 Å². The van der Waals surface area contributed by atoms with Gasteiger partial charge in [0.25, 0.3) is 0 Å². The van der Waals surface area contributed by atoms with E-state index in [1.807, 2.05) is 6.92 Å². The van der Waals surface area contributed by atoms with Gasteiger partial charge in [0, 0.05) is 24.0 Å². The molecule has 0 heterocycles. The van der Waals surface area contributed by atoms with E-state index in [0.29, 0.717) is 36.3 Å². The zero-order valence-electron chi connectivity index (χ0n) is 28.1. The molecular formula is C36H62N4O4. The van der Waals surface area contributed by atoms with Gasteiger partial charge in [0.1, 0.15) is 11.5 Å². The monoisotopic (exact) mass is 614 g/mol. The number of carbonyl (C=O) groups is 2. The molecule has 0 radical (unpaired) electrons. The molecule has 0 bridgehead atoms. The molecular weight excluding hydrogens is 552 g/mol. The molecule has 0 aliphatic heterocycles. The smallest absolute Gasteiger partial charge is 0.240 e. The number of aromatic hydroxyl groups is 1. The van der Waals surface area contributed by atoms with Crippen molar-refractivity contribution in [2.75, 3.05) is 6.61 Å². The third kappa shape index (κ3) is 20.9. The minimum absolute atomic E-state index is 0.0613. The number of rotatable bonds is 28. The van der Waals surface area contributed by atoms with Crippen LogP contribution in [-0.4, -0.2) is 36.0 Å². The molecule has 8 heteroatoms. The standard InChI is InChI=1S/C36H62N4O4/c1-4-7-9-11-13-15-17-19-21-23-25-34(41)39-37-29-31-27-33(44-6-3)28-32(36(31)43)30-38-40-35(42)26-24-22-20-18-16-14-12-10-8-5-2/h27-30,43H,4-26H2,1-3H3,(H,39,41)(H,40,42)/b37-29+,38-30?. The lowest BCUT2D eigenvalue weighted by Crippen LogP contribution is -2.17. The second-order valence-corrected chi connectivity index (χ2v) is 11.8. The number of nitrogens with one attached hydrogen (secondary N) is 2. The zero-order chi connectivity index (χ0) is 32.1. The molecule has 8 nitrogen and oxygen atoms in total. The number of nitrogens with zero attached hydrogens (tertiary/aromatic N) is 2. The van der Waals surface area contributed by atoms with Crippen LogP contribution in [0.2, 0.25) is 0 Å². The van der Waals surface area contributed by atoms with E-state index in [0.717, 1.165) is 38.5 Å². The molecule has 0 spiro atoms. The topological polar surface area (TPSA) is 112 Å². The maximum atomic E-state index is 12.2. The predicted molar refractivity (Wildman–Crippen MR) is 184 cm³/mol. The number of hydrogen-bond donors (Lipinski definition) is 3. The predicted octanol–water partition coefficient (Wildman–Crippen LogP) is 9.31. The Morgan fingerprint density at radius 1 is 0.614 bits per heavy atom. The Morgan fingerprint density at radius 2 is 0.955 bits per heavy atom. The normalized spacial score (nSPS) is 11.4. The number of phenolic OH excluding ortho intramolecular Hbond substituents is 1. The molecule has 0 aromatic heterocycles. The van der Waals surface area contributed by atoms with Gasteiger partial charge in [-0.3, -0.25) is 9.59 Å². The molecule has 1 rings (SSSR count). The van der Waals surface area contributed by atoms with Crippen LogP contribution in [0.4, 0.5) is 0 Å². The highest BCUT2D eigenvalue weighted by molar-refractivity contribution is 5.93. The summed E-state index contributed by atoms with van der Waals surface area (Å²) >= 11 is 0. The Kier molecular flexibility index (Phi) is 24.6. The summed E-state index contributed by atoms with van der Waals surface area (Å²) in [7, 11) is 0. The van der Waals surface area contributed by atoms with Gasteiger partial charge in [-0.05, 0) is 31.9 Å². The van der Waals surface area contributed by atoms with E-state index in [4.69, 9.17) is 4.74 Å². The highest BCUT2D eigenvalue weighted by atomic mass is 16.5. The lowest BCUT2D eigenvalue weighted by atomic mass is 10.1. The molecule has 44 heavy (non-hydrogen) atoms. The van der Waals surface area contributed by atoms with Crippen LogP contribution in [-0.2, 0) is 9.59 Å². The van der Waals surface area contributed by atoms with Crippen molar-refractivity contribution < 1.29 is 19.4 Å². The van der Waals surface area contributed by atoms with Gasteiger partial charge in [-0.2, -0.15) is 10.2 Å². The molecule has 0 fully saturated rings. The summed E-state index contributed by atoms with van der Waals surface area (Å²) in [5.74, 6) is 0.178. The fourth-order valence-electron chi connectivity index (χ4n) is 5.10. The summed E-state index contributed by atoms with van der Waals surface area (Å²) in [4.78, 5) is 24.4. The van der Waals surface area contributed by atoms with Gasteiger partial charge in [-0.15, -0.1) is 0 Å². The highest BCUT2D eigenvalue weighted by Gasteiger charge is 2.09. The Balaban J connectivity index is 2.40. The second kappa shape index (κ2) is 27.6. The first-order valence-electron chi connectivity index (χ1n) is 17.6. The van der Waals surface area contributed by atoms with Crippen molar-refractivity contribution in [2.45, 2.75) is 162 Å². The van der Waals surface area contributed by atoms with Crippen LogP contribution >= 0.6 is 0 Å². The van der Waals surface area contributed by atoms with Gasteiger partial charge in [0.2, 0.25) is 11.8 Å². The van der Waals surface area contributed by atoms with E-state index in [9.17, 15) is 14.7 Å². The van der Waals surface area contributed by atoms with Crippen LogP contribution < -0.4 is 15.6 Å². The Labute approximate surface area is 267 Å². The number of amides is 2. The first-order chi connectivity index (χ1) is 21.5. The van der Waals surface area contributed by atoms with Crippen LogP contribution in [0.15, 0.2) is 22.3 Å². The summed E-state index contributed by atoms with van der Waals surface area (Å²) in [5, 5.41) is 18.8. The van der Waals surface area contributed by atoms with E-state index in [-0.39, 0.29) is 17.6 Å². The number of hydrogen-bond acceptors (Lipinski definition) is 6. The molecule has 1 aromatic rings. The van der Waals surface area contributed by atoms with Crippen molar-refractivity contribution in [1.82, 2.24) is 10.9 Å². The second-order valence-electron chi connectivity index (χ2n) is 11.8. The molecule has 0 saturated heterocycles. The minimum atomic E-state index is -0.145. The van der Waals surface area contributed by atoms with E-state index < -0.39 is 0 Å². The number of benzene rings is 1. The van der Waals surface area contributed by atoms with Gasteiger partial charge in [-0.1, -0.05) is 129 Å². The molecule has 250 valence electrons. The largest absolute Gasteiger partial charge is 0.507 e. The van der Waals surface area contributed by atoms with Crippen molar-refractivity contribution in [2.24, 2.45) is 10.2 Å². The van der Waals surface area contributed by atoms with Crippen molar-refractivity contribution in [3.8, 4) is 11.5 Å². The molecule has 0 saturated carbocycles. The van der Waals surface area contributed by atoms with E-state index >= 15 is 0 Å². The number of hydrazone groups is 2. The van der Waals surface area contributed by atoms with Gasteiger partial charge >= 0.3 is 0 Å². The minimum Gasteiger partial charge on any atom is -0.507 e. The average molecular weight is 615 g/mol.